The second-order valence-electron chi connectivity index (χ2n) is 6.70. The number of hydrogen-bond acceptors (Lipinski definition) is 4. The highest BCUT2D eigenvalue weighted by Gasteiger charge is 2.20. The maximum absolute atomic E-state index is 12.0. The molecule has 0 aliphatic carbocycles. The van der Waals surface area contributed by atoms with Crippen molar-refractivity contribution in [2.75, 3.05) is 0 Å². The molecule has 2 rings (SSSR count). The average Bonchev–Trinajstić information content (AvgIpc) is 2.74. The molecule has 2 aromatic heterocycles. The van der Waals surface area contributed by atoms with Crippen LogP contribution in [0.1, 0.15) is 32.8 Å². The molecule has 0 radical (unpaired) electrons. The third-order valence-electron chi connectivity index (χ3n) is 3.39. The number of ether oxygens (including phenoxy) is 1. The van der Waals surface area contributed by atoms with Gasteiger partial charge in [0, 0.05) is 12.7 Å². The second-order valence-corrected chi connectivity index (χ2v) is 7.05. The van der Waals surface area contributed by atoms with Crippen molar-refractivity contribution in [3.8, 4) is 0 Å². The van der Waals surface area contributed by atoms with Crippen molar-refractivity contribution in [3.05, 3.63) is 35.9 Å². The monoisotopic (exact) mass is 350 g/mol. The summed E-state index contributed by atoms with van der Waals surface area (Å²) in [5, 5.41) is 4.14. The minimum absolute atomic E-state index is 0.166. The Hall–Kier alpha value is -2.08. The van der Waals surface area contributed by atoms with Gasteiger partial charge in [-0.3, -0.25) is 0 Å². The SMILES string of the molecule is C=CC[C@H](Cn1cc(C)c2c(Cl)ncnc21)NC(=O)OC(C)(C)C. The van der Waals surface area contributed by atoms with Crippen LogP contribution in [0.2, 0.25) is 5.15 Å². The molecule has 0 aliphatic heterocycles. The first-order chi connectivity index (χ1) is 11.2. The zero-order chi connectivity index (χ0) is 17.9. The summed E-state index contributed by atoms with van der Waals surface area (Å²) in [6.07, 6.45) is 5.32. The van der Waals surface area contributed by atoms with Crippen molar-refractivity contribution in [1.82, 2.24) is 19.9 Å². The van der Waals surface area contributed by atoms with Crippen molar-refractivity contribution >= 4 is 28.7 Å². The zero-order valence-electron chi connectivity index (χ0n) is 14.5. The molecular weight excluding hydrogens is 328 g/mol. The van der Waals surface area contributed by atoms with Crippen molar-refractivity contribution in [2.24, 2.45) is 0 Å². The van der Waals surface area contributed by atoms with Gasteiger partial charge in [0.2, 0.25) is 0 Å². The molecule has 0 saturated heterocycles. The van der Waals surface area contributed by atoms with Gasteiger partial charge in [0.25, 0.3) is 0 Å². The molecule has 0 spiro atoms. The predicted molar refractivity (Wildman–Crippen MR) is 95.2 cm³/mol. The Balaban J connectivity index is 2.21. The van der Waals surface area contributed by atoms with Gasteiger partial charge in [0.15, 0.2) is 0 Å². The van der Waals surface area contributed by atoms with Gasteiger partial charge in [-0.15, -0.1) is 6.58 Å². The van der Waals surface area contributed by atoms with Gasteiger partial charge in [-0.1, -0.05) is 17.7 Å². The third-order valence-corrected chi connectivity index (χ3v) is 3.67. The normalized spacial score (nSPS) is 12.9. The molecular formula is C17H23ClN4O2. The van der Waals surface area contributed by atoms with Gasteiger partial charge < -0.3 is 14.6 Å². The minimum atomic E-state index is -0.541. The number of aromatic nitrogens is 3. The van der Waals surface area contributed by atoms with Crippen LogP contribution in [0, 0.1) is 6.92 Å². The first-order valence-corrected chi connectivity index (χ1v) is 8.15. The van der Waals surface area contributed by atoms with Crippen LogP contribution in [0.3, 0.4) is 0 Å². The van der Waals surface area contributed by atoms with Crippen LogP contribution >= 0.6 is 11.6 Å². The van der Waals surface area contributed by atoms with Crippen LogP contribution in [-0.4, -0.2) is 32.3 Å². The number of fused-ring (bicyclic) bond motifs is 1. The van der Waals surface area contributed by atoms with Gasteiger partial charge in [-0.25, -0.2) is 14.8 Å². The van der Waals surface area contributed by atoms with E-state index in [-0.39, 0.29) is 6.04 Å². The van der Waals surface area contributed by atoms with E-state index >= 15 is 0 Å². The van der Waals surface area contributed by atoms with Crippen LogP contribution in [0.4, 0.5) is 4.79 Å². The number of rotatable bonds is 5. The standard InChI is InChI=1S/C17H23ClN4O2/c1-6-7-12(21-16(23)24-17(3,4)5)9-22-8-11(2)13-14(18)19-10-20-15(13)22/h6,8,10,12H,1,7,9H2,2-5H3,(H,21,23)/t12-/m1/s1. The molecule has 0 aromatic carbocycles. The number of hydrogen-bond donors (Lipinski definition) is 1. The van der Waals surface area contributed by atoms with Crippen molar-refractivity contribution in [2.45, 2.75) is 52.3 Å². The Morgan fingerprint density at radius 1 is 1.50 bits per heavy atom. The lowest BCUT2D eigenvalue weighted by atomic mass is 10.2. The van der Waals surface area contributed by atoms with Crippen LogP contribution in [0.15, 0.2) is 25.2 Å². The highest BCUT2D eigenvalue weighted by molar-refractivity contribution is 6.34. The van der Waals surface area contributed by atoms with Gasteiger partial charge in [0.05, 0.1) is 11.4 Å². The Morgan fingerprint density at radius 3 is 2.83 bits per heavy atom. The molecule has 7 heteroatoms. The summed E-state index contributed by atoms with van der Waals surface area (Å²) in [5.74, 6) is 0. The molecule has 1 N–H and O–H groups in total. The average molecular weight is 351 g/mol. The Bertz CT molecular complexity index is 749. The van der Waals surface area contributed by atoms with E-state index in [0.717, 1.165) is 16.6 Å². The van der Waals surface area contributed by atoms with E-state index in [4.69, 9.17) is 16.3 Å². The summed E-state index contributed by atoms with van der Waals surface area (Å²) < 4.78 is 7.29. The van der Waals surface area contributed by atoms with E-state index in [9.17, 15) is 4.79 Å². The molecule has 1 amide bonds. The summed E-state index contributed by atoms with van der Waals surface area (Å²) >= 11 is 6.16. The van der Waals surface area contributed by atoms with Gasteiger partial charge in [0.1, 0.15) is 22.7 Å². The topological polar surface area (TPSA) is 69.0 Å². The number of nitrogens with zero attached hydrogens (tertiary/aromatic N) is 3. The largest absolute Gasteiger partial charge is 0.444 e. The summed E-state index contributed by atoms with van der Waals surface area (Å²) in [4.78, 5) is 20.4. The number of carbonyl (C=O) groups excluding carboxylic acids is 1. The molecule has 1 atom stereocenters. The van der Waals surface area contributed by atoms with E-state index < -0.39 is 11.7 Å². The van der Waals surface area contributed by atoms with E-state index in [1.54, 1.807) is 6.08 Å². The number of carbonyl (C=O) groups is 1. The predicted octanol–water partition coefficient (Wildman–Crippen LogP) is 3.86. The van der Waals surface area contributed by atoms with Crippen LogP contribution < -0.4 is 5.32 Å². The van der Waals surface area contributed by atoms with Crippen molar-refractivity contribution in [3.63, 3.8) is 0 Å². The van der Waals surface area contributed by atoms with E-state index in [1.165, 1.54) is 6.33 Å². The summed E-state index contributed by atoms with van der Waals surface area (Å²) in [7, 11) is 0. The molecule has 2 aromatic rings. The van der Waals surface area contributed by atoms with Gasteiger partial charge in [-0.05, 0) is 39.7 Å². The molecule has 0 saturated carbocycles. The Kier molecular flexibility index (Phi) is 5.49. The lowest BCUT2D eigenvalue weighted by molar-refractivity contribution is 0.0500. The maximum atomic E-state index is 12.0. The van der Waals surface area contributed by atoms with E-state index in [0.29, 0.717) is 18.1 Å². The Labute approximate surface area is 146 Å². The lowest BCUT2D eigenvalue weighted by Crippen LogP contribution is -2.41. The van der Waals surface area contributed by atoms with Crippen LogP contribution in [0.25, 0.3) is 11.0 Å². The summed E-state index contributed by atoms with van der Waals surface area (Å²) in [5.41, 5.74) is 1.19. The first-order valence-electron chi connectivity index (χ1n) is 7.77. The highest BCUT2D eigenvalue weighted by Crippen LogP contribution is 2.25. The van der Waals surface area contributed by atoms with Crippen molar-refractivity contribution in [1.29, 1.82) is 0 Å². The summed E-state index contributed by atoms with van der Waals surface area (Å²) in [6.45, 7) is 11.7. The quantitative estimate of drug-likeness (QED) is 0.656. The minimum Gasteiger partial charge on any atom is -0.444 e. The molecule has 0 bridgehead atoms. The molecule has 24 heavy (non-hydrogen) atoms. The van der Waals surface area contributed by atoms with E-state index in [1.807, 2.05) is 38.5 Å². The van der Waals surface area contributed by atoms with Gasteiger partial charge in [-0.2, -0.15) is 0 Å². The molecule has 130 valence electrons. The lowest BCUT2D eigenvalue weighted by Gasteiger charge is -2.23. The van der Waals surface area contributed by atoms with Crippen LogP contribution in [-0.2, 0) is 11.3 Å². The third kappa shape index (κ3) is 4.47. The highest BCUT2D eigenvalue weighted by atomic mass is 35.5. The molecule has 6 nitrogen and oxygen atoms in total. The number of alkyl carbamates (subject to hydrolysis) is 1. The molecule has 0 fully saturated rings. The molecule has 0 aliphatic rings. The fraction of sp³-hybridized carbons (Fsp3) is 0.471. The smallest absolute Gasteiger partial charge is 0.407 e. The number of amides is 1. The first kappa shape index (κ1) is 18.3. The maximum Gasteiger partial charge on any atom is 0.407 e. The van der Waals surface area contributed by atoms with Crippen molar-refractivity contribution < 1.29 is 9.53 Å². The Morgan fingerprint density at radius 2 is 2.21 bits per heavy atom. The molecule has 2 heterocycles. The fourth-order valence-corrected chi connectivity index (χ4v) is 2.78. The summed E-state index contributed by atoms with van der Waals surface area (Å²) in [6, 6.07) is -0.166. The number of aryl methyl sites for hydroxylation is 1. The van der Waals surface area contributed by atoms with E-state index in [2.05, 4.69) is 21.9 Å². The van der Waals surface area contributed by atoms with Gasteiger partial charge >= 0.3 is 6.09 Å². The second kappa shape index (κ2) is 7.21. The molecule has 0 unspecified atom stereocenters. The number of halogens is 1. The fourth-order valence-electron chi connectivity index (χ4n) is 2.50. The zero-order valence-corrected chi connectivity index (χ0v) is 15.2. The number of nitrogens with one attached hydrogen (secondary N) is 1. The van der Waals surface area contributed by atoms with Crippen LogP contribution in [0.5, 0.6) is 0 Å².